The third-order valence-corrected chi connectivity index (χ3v) is 4.12. The maximum absolute atomic E-state index is 5.42. The molecule has 0 saturated carbocycles. The molecule has 0 aliphatic carbocycles. The van der Waals surface area contributed by atoms with Gasteiger partial charge in [-0.3, -0.25) is 5.43 Å². The number of nitrogens with zero attached hydrogens (tertiary/aromatic N) is 4. The van der Waals surface area contributed by atoms with E-state index in [9.17, 15) is 0 Å². The van der Waals surface area contributed by atoms with Crippen LogP contribution in [0.4, 0.5) is 11.8 Å². The van der Waals surface area contributed by atoms with Crippen molar-refractivity contribution in [2.24, 2.45) is 5.84 Å². The average molecular weight is 292 g/mol. The normalized spacial score (nSPS) is 10.8. The molecule has 3 heterocycles. The molecule has 0 bridgehead atoms. The molecule has 19 heavy (non-hydrogen) atoms. The molecule has 3 aromatic rings. The predicted octanol–water partition coefficient (Wildman–Crippen LogP) is 2.07. The summed E-state index contributed by atoms with van der Waals surface area (Å²) in [6.45, 7) is 0.704. The van der Waals surface area contributed by atoms with Gasteiger partial charge in [-0.1, -0.05) is 0 Å². The second kappa shape index (κ2) is 5.08. The highest BCUT2D eigenvalue weighted by Gasteiger charge is 2.13. The zero-order valence-corrected chi connectivity index (χ0v) is 11.8. The van der Waals surface area contributed by atoms with Crippen LogP contribution in [0, 0.1) is 0 Å². The number of hydrogen-bond acceptors (Lipinski definition) is 8. The van der Waals surface area contributed by atoms with Crippen LogP contribution in [0.1, 0.15) is 5.69 Å². The Hall–Kier alpha value is -1.77. The molecule has 0 amide bonds. The van der Waals surface area contributed by atoms with Crippen molar-refractivity contribution >= 4 is 44.7 Å². The lowest BCUT2D eigenvalue weighted by Gasteiger charge is -2.18. The van der Waals surface area contributed by atoms with E-state index in [2.05, 4.69) is 20.4 Å². The van der Waals surface area contributed by atoms with Crippen LogP contribution in [-0.4, -0.2) is 22.0 Å². The van der Waals surface area contributed by atoms with Crippen molar-refractivity contribution in [3.8, 4) is 0 Å². The topological polar surface area (TPSA) is 80.0 Å². The fourth-order valence-corrected chi connectivity index (χ4v) is 3.14. The van der Waals surface area contributed by atoms with Crippen LogP contribution in [0.15, 0.2) is 22.3 Å². The first-order valence-electron chi connectivity index (χ1n) is 5.58. The van der Waals surface area contributed by atoms with Gasteiger partial charge in [0.2, 0.25) is 5.95 Å². The number of nitrogen functional groups attached to an aromatic ring is 1. The molecular formula is C11H12N6S2. The van der Waals surface area contributed by atoms with E-state index in [1.165, 1.54) is 0 Å². The van der Waals surface area contributed by atoms with Gasteiger partial charge in [0.05, 0.1) is 23.1 Å². The summed E-state index contributed by atoms with van der Waals surface area (Å²) < 4.78 is 0. The average Bonchev–Trinajstić information content (AvgIpc) is 3.07. The third-order valence-electron chi connectivity index (χ3n) is 2.68. The van der Waals surface area contributed by atoms with Crippen molar-refractivity contribution < 1.29 is 0 Å². The van der Waals surface area contributed by atoms with Crippen molar-refractivity contribution in [2.75, 3.05) is 17.4 Å². The number of nitrogens with two attached hydrogens (primary N) is 1. The standard InChI is InChI=1S/C11H12N6S2/c1-17(4-7-5-18-6-13-7)9-8-2-3-19-10(8)15-11(14-9)16-12/h2-3,5-6H,4,12H2,1H3,(H,14,15,16). The van der Waals surface area contributed by atoms with Crippen LogP contribution in [0.2, 0.25) is 0 Å². The Morgan fingerprint density at radius 2 is 2.32 bits per heavy atom. The highest BCUT2D eigenvalue weighted by Crippen LogP contribution is 2.29. The largest absolute Gasteiger partial charge is 0.353 e. The number of thiophene rings is 1. The summed E-state index contributed by atoms with van der Waals surface area (Å²) in [6.07, 6.45) is 0. The Morgan fingerprint density at radius 3 is 3.05 bits per heavy atom. The molecule has 3 rings (SSSR count). The number of hydrazine groups is 1. The quantitative estimate of drug-likeness (QED) is 0.566. The van der Waals surface area contributed by atoms with Gasteiger partial charge >= 0.3 is 0 Å². The van der Waals surface area contributed by atoms with Gasteiger partial charge in [-0.15, -0.1) is 22.7 Å². The van der Waals surface area contributed by atoms with E-state index < -0.39 is 0 Å². The first-order chi connectivity index (χ1) is 9.28. The summed E-state index contributed by atoms with van der Waals surface area (Å²) >= 11 is 3.16. The Labute approximate surface area is 117 Å². The van der Waals surface area contributed by atoms with Gasteiger partial charge in [0.25, 0.3) is 0 Å². The molecule has 0 aliphatic rings. The monoisotopic (exact) mass is 292 g/mol. The molecular weight excluding hydrogens is 280 g/mol. The van der Waals surface area contributed by atoms with Crippen molar-refractivity contribution in [3.63, 3.8) is 0 Å². The molecule has 0 radical (unpaired) electrons. The second-order valence-electron chi connectivity index (χ2n) is 3.99. The van der Waals surface area contributed by atoms with E-state index in [4.69, 9.17) is 5.84 Å². The van der Waals surface area contributed by atoms with E-state index in [1.807, 2.05) is 34.3 Å². The summed E-state index contributed by atoms with van der Waals surface area (Å²) in [5.41, 5.74) is 5.36. The molecule has 3 N–H and O–H groups in total. The van der Waals surface area contributed by atoms with Gasteiger partial charge in [0.15, 0.2) is 0 Å². The number of aromatic nitrogens is 3. The smallest absolute Gasteiger partial charge is 0.240 e. The zero-order chi connectivity index (χ0) is 13.2. The second-order valence-corrected chi connectivity index (χ2v) is 5.60. The molecule has 0 atom stereocenters. The number of thiazole rings is 1. The zero-order valence-electron chi connectivity index (χ0n) is 10.2. The Kier molecular flexibility index (Phi) is 3.28. The summed E-state index contributed by atoms with van der Waals surface area (Å²) in [4.78, 5) is 16.0. The van der Waals surface area contributed by atoms with Gasteiger partial charge in [0, 0.05) is 12.4 Å². The fourth-order valence-electron chi connectivity index (χ4n) is 1.83. The Balaban J connectivity index is 2.00. The SMILES string of the molecule is CN(Cc1cscn1)c1nc(NN)nc2sccc12. The van der Waals surface area contributed by atoms with E-state index in [1.54, 1.807) is 22.7 Å². The molecule has 3 aromatic heterocycles. The van der Waals surface area contributed by atoms with Crippen molar-refractivity contribution in [3.05, 3.63) is 28.0 Å². The van der Waals surface area contributed by atoms with Gasteiger partial charge in [-0.2, -0.15) is 4.98 Å². The maximum Gasteiger partial charge on any atom is 0.240 e. The number of anilines is 2. The molecule has 0 spiro atoms. The van der Waals surface area contributed by atoms with Crippen molar-refractivity contribution in [2.45, 2.75) is 6.54 Å². The molecule has 0 saturated heterocycles. The van der Waals surface area contributed by atoms with Crippen LogP contribution < -0.4 is 16.2 Å². The van der Waals surface area contributed by atoms with Crippen molar-refractivity contribution in [1.82, 2.24) is 15.0 Å². The molecule has 0 unspecified atom stereocenters. The van der Waals surface area contributed by atoms with Crippen molar-refractivity contribution in [1.29, 1.82) is 0 Å². The van der Waals surface area contributed by atoms with Gasteiger partial charge < -0.3 is 4.90 Å². The predicted molar refractivity (Wildman–Crippen MR) is 79.4 cm³/mol. The molecule has 0 aliphatic heterocycles. The lowest BCUT2D eigenvalue weighted by molar-refractivity contribution is 0.877. The minimum absolute atomic E-state index is 0.426. The summed E-state index contributed by atoms with van der Waals surface area (Å²) in [5, 5.41) is 5.06. The number of nitrogens with one attached hydrogen (secondary N) is 1. The molecule has 98 valence electrons. The van der Waals surface area contributed by atoms with E-state index in [0.717, 1.165) is 21.7 Å². The Morgan fingerprint density at radius 1 is 1.42 bits per heavy atom. The molecule has 6 nitrogen and oxygen atoms in total. The minimum atomic E-state index is 0.426. The van der Waals surface area contributed by atoms with Crippen LogP contribution in [0.25, 0.3) is 10.2 Å². The first-order valence-corrected chi connectivity index (χ1v) is 7.40. The fraction of sp³-hybridized carbons (Fsp3) is 0.182. The first kappa shape index (κ1) is 12.3. The summed E-state index contributed by atoms with van der Waals surface area (Å²) in [7, 11) is 1.99. The van der Waals surface area contributed by atoms with Gasteiger partial charge in [-0.25, -0.2) is 15.8 Å². The van der Waals surface area contributed by atoms with Crippen LogP contribution in [-0.2, 0) is 6.54 Å². The molecule has 0 aromatic carbocycles. The summed E-state index contributed by atoms with van der Waals surface area (Å²) in [6, 6.07) is 2.02. The molecule has 0 fully saturated rings. The lowest BCUT2D eigenvalue weighted by atomic mass is 10.3. The van der Waals surface area contributed by atoms with E-state index >= 15 is 0 Å². The highest BCUT2D eigenvalue weighted by atomic mass is 32.1. The number of rotatable bonds is 4. The Bertz CT molecular complexity index is 678. The number of fused-ring (bicyclic) bond motifs is 1. The van der Waals surface area contributed by atoms with Crippen LogP contribution in [0.5, 0.6) is 0 Å². The maximum atomic E-state index is 5.42. The van der Waals surface area contributed by atoms with E-state index in [-0.39, 0.29) is 0 Å². The summed E-state index contributed by atoms with van der Waals surface area (Å²) in [5.74, 6) is 6.69. The lowest BCUT2D eigenvalue weighted by Crippen LogP contribution is -2.20. The number of hydrogen-bond donors (Lipinski definition) is 2. The highest BCUT2D eigenvalue weighted by molar-refractivity contribution is 7.16. The van der Waals surface area contributed by atoms with E-state index in [0.29, 0.717) is 12.5 Å². The van der Waals surface area contributed by atoms with Gasteiger partial charge in [-0.05, 0) is 11.4 Å². The molecule has 8 heteroatoms. The van der Waals surface area contributed by atoms with Gasteiger partial charge in [0.1, 0.15) is 10.6 Å². The van der Waals surface area contributed by atoms with Crippen LogP contribution >= 0.6 is 22.7 Å². The third kappa shape index (κ3) is 2.37. The van der Waals surface area contributed by atoms with Crippen LogP contribution in [0.3, 0.4) is 0 Å². The minimum Gasteiger partial charge on any atom is -0.353 e.